The van der Waals surface area contributed by atoms with E-state index < -0.39 is 29.8 Å². The number of ketones is 1. The fraction of sp³-hybridized carbons (Fsp3) is 0.600. The Balaban J connectivity index is 2.19. The number of aliphatic hydroxyl groups is 2. The molecule has 5 nitrogen and oxygen atoms in total. The lowest BCUT2D eigenvalue weighted by Crippen LogP contribution is -2.46. The lowest BCUT2D eigenvalue weighted by atomic mass is 9.52. The van der Waals surface area contributed by atoms with Crippen molar-refractivity contribution < 1.29 is 19.8 Å². The Morgan fingerprint density at radius 1 is 1.30 bits per heavy atom. The number of fused-ring (bicyclic) bond motifs is 1. The highest BCUT2D eigenvalue weighted by Gasteiger charge is 2.55. The first-order valence-electron chi connectivity index (χ1n) is 11.0. The quantitative estimate of drug-likeness (QED) is 0.240. The molecule has 5 heteroatoms. The molecule has 2 N–H and O–H groups in total. The van der Waals surface area contributed by atoms with Crippen LogP contribution in [-0.4, -0.2) is 46.5 Å². The van der Waals surface area contributed by atoms with Crippen LogP contribution in [0.1, 0.15) is 47.0 Å². The van der Waals surface area contributed by atoms with E-state index in [1.165, 1.54) is 11.9 Å². The van der Waals surface area contributed by atoms with Crippen molar-refractivity contribution in [2.24, 2.45) is 29.1 Å². The molecule has 0 aromatic carbocycles. The minimum absolute atomic E-state index is 0.104. The van der Waals surface area contributed by atoms with Gasteiger partial charge >= 0.3 is 0 Å². The molecule has 0 spiro atoms. The molecule has 0 aromatic heterocycles. The minimum Gasteiger partial charge on any atom is -0.511 e. The second-order valence-electron chi connectivity index (χ2n) is 9.47. The number of aliphatic hydroxyl groups excluding tert-OH is 2. The van der Waals surface area contributed by atoms with E-state index in [0.29, 0.717) is 11.8 Å². The molecule has 1 aliphatic heterocycles. The van der Waals surface area contributed by atoms with Crippen LogP contribution in [-0.2, 0) is 9.59 Å². The van der Waals surface area contributed by atoms with Crippen molar-refractivity contribution in [3.63, 3.8) is 0 Å². The van der Waals surface area contributed by atoms with E-state index in [9.17, 15) is 19.8 Å². The monoisotopic (exact) mass is 413 g/mol. The second-order valence-corrected chi connectivity index (χ2v) is 9.47. The number of carbonyl (C=O) groups is 2. The van der Waals surface area contributed by atoms with Gasteiger partial charge in [0.15, 0.2) is 5.78 Å². The van der Waals surface area contributed by atoms with Gasteiger partial charge in [0, 0.05) is 18.4 Å². The zero-order valence-corrected chi connectivity index (χ0v) is 18.8. The number of amides is 1. The van der Waals surface area contributed by atoms with Crippen molar-refractivity contribution in [3.8, 4) is 0 Å². The molecule has 0 bridgehead atoms. The molecular weight excluding hydrogens is 378 g/mol. The highest BCUT2D eigenvalue weighted by atomic mass is 16.3. The van der Waals surface area contributed by atoms with Crippen molar-refractivity contribution in [2.75, 3.05) is 13.7 Å². The van der Waals surface area contributed by atoms with Gasteiger partial charge in [0.25, 0.3) is 5.91 Å². The average Bonchev–Trinajstić information content (AvgIpc) is 2.91. The van der Waals surface area contributed by atoms with Gasteiger partial charge in [-0.05, 0) is 44.4 Å². The van der Waals surface area contributed by atoms with Gasteiger partial charge in [0.2, 0.25) is 0 Å². The van der Waals surface area contributed by atoms with Crippen LogP contribution in [0, 0.1) is 29.1 Å². The Hall–Kier alpha value is -2.14. The van der Waals surface area contributed by atoms with Gasteiger partial charge in [-0.1, -0.05) is 56.2 Å². The first-order chi connectivity index (χ1) is 14.2. The molecule has 30 heavy (non-hydrogen) atoms. The molecule has 1 saturated carbocycles. The Bertz CT molecular complexity index is 836. The fourth-order valence-corrected chi connectivity index (χ4v) is 5.92. The molecule has 1 amide bonds. The number of rotatable bonds is 4. The predicted molar refractivity (Wildman–Crippen MR) is 118 cm³/mol. The van der Waals surface area contributed by atoms with E-state index in [4.69, 9.17) is 0 Å². The predicted octanol–water partition coefficient (Wildman–Crippen LogP) is 3.97. The van der Waals surface area contributed by atoms with E-state index in [-0.39, 0.29) is 23.2 Å². The molecule has 0 radical (unpaired) electrons. The van der Waals surface area contributed by atoms with Crippen molar-refractivity contribution >= 4 is 11.7 Å². The molecule has 1 saturated heterocycles. The molecular formula is C25H35NO4. The molecule has 164 valence electrons. The number of hydrogen-bond acceptors (Lipinski definition) is 4. The summed E-state index contributed by atoms with van der Waals surface area (Å²) in [6, 6.07) is -0.919. The summed E-state index contributed by atoms with van der Waals surface area (Å²) in [5.74, 6) is -0.128. The van der Waals surface area contributed by atoms with E-state index in [0.717, 1.165) is 24.8 Å². The summed E-state index contributed by atoms with van der Waals surface area (Å²) in [7, 11) is 1.50. The zero-order chi connectivity index (χ0) is 22.2. The molecule has 3 rings (SSSR count). The van der Waals surface area contributed by atoms with Crippen molar-refractivity contribution in [2.45, 2.75) is 53.0 Å². The maximum absolute atomic E-state index is 13.0. The normalized spacial score (nSPS) is 39.1. The number of Topliss-reactive ketones (excluding diaryl/α,β-unsaturated/α-hetero) is 1. The Labute approximate surface area is 179 Å². The molecule has 3 aliphatic rings. The Morgan fingerprint density at radius 2 is 2.00 bits per heavy atom. The highest BCUT2D eigenvalue weighted by molar-refractivity contribution is 6.26. The van der Waals surface area contributed by atoms with Crippen LogP contribution in [0.5, 0.6) is 0 Å². The number of nitrogens with zero attached hydrogens (tertiary/aromatic N) is 1. The first kappa shape index (κ1) is 22.5. The Kier molecular flexibility index (Phi) is 6.42. The van der Waals surface area contributed by atoms with Gasteiger partial charge in [0.1, 0.15) is 17.4 Å². The summed E-state index contributed by atoms with van der Waals surface area (Å²) in [5, 5.41) is 21.2. The third kappa shape index (κ3) is 3.47. The highest BCUT2D eigenvalue weighted by Crippen LogP contribution is 2.58. The SMILES string of the molecule is C/C=C/C=C/[C@H]1C(C)=C[C@H]2C[C@@H](C)CC[C@H]2[C@@]1(C)/C(O)=C1\C(=O)[C@@H](CO)N(C)C1=O. The Morgan fingerprint density at radius 3 is 2.60 bits per heavy atom. The van der Waals surface area contributed by atoms with Crippen LogP contribution < -0.4 is 0 Å². The molecule has 1 heterocycles. The number of allylic oxidation sites excluding steroid dienone is 7. The summed E-state index contributed by atoms with van der Waals surface area (Å²) in [5.41, 5.74) is 0.259. The molecule has 0 aromatic rings. The number of hydrogen-bond donors (Lipinski definition) is 2. The maximum Gasteiger partial charge on any atom is 0.261 e. The third-order valence-corrected chi connectivity index (χ3v) is 7.62. The fourth-order valence-electron chi connectivity index (χ4n) is 5.92. The number of likely N-dealkylation sites (tertiary alicyclic amines) is 1. The van der Waals surface area contributed by atoms with Crippen LogP contribution in [0.3, 0.4) is 0 Å². The zero-order valence-electron chi connectivity index (χ0n) is 18.8. The maximum atomic E-state index is 13.0. The largest absolute Gasteiger partial charge is 0.511 e. The van der Waals surface area contributed by atoms with Crippen LogP contribution in [0.15, 0.2) is 47.3 Å². The molecule has 2 aliphatic carbocycles. The smallest absolute Gasteiger partial charge is 0.261 e. The molecule has 0 unspecified atom stereocenters. The van der Waals surface area contributed by atoms with E-state index in [1.54, 1.807) is 0 Å². The van der Waals surface area contributed by atoms with Crippen LogP contribution >= 0.6 is 0 Å². The lowest BCUT2D eigenvalue weighted by molar-refractivity contribution is -0.126. The van der Waals surface area contributed by atoms with Crippen molar-refractivity contribution in [1.82, 2.24) is 4.90 Å². The first-order valence-corrected chi connectivity index (χ1v) is 11.0. The van der Waals surface area contributed by atoms with Crippen LogP contribution in [0.2, 0.25) is 0 Å². The van der Waals surface area contributed by atoms with Crippen LogP contribution in [0.25, 0.3) is 0 Å². The van der Waals surface area contributed by atoms with Gasteiger partial charge in [-0.15, -0.1) is 0 Å². The standard InChI is InChI=1S/C25H35NO4/c1-6-7-8-9-18-16(3)13-17-12-15(2)10-11-19(17)25(18,4)23(29)21-22(28)20(14-27)26(5)24(21)30/h6-9,13,15,17-20,27,29H,10-12,14H2,1-5H3/b7-6+,9-8+,23-21-/t15-,17+,18-,19+,20+,25-/m0/s1. The lowest BCUT2D eigenvalue weighted by Gasteiger charge is -2.52. The molecule has 6 atom stereocenters. The molecule has 2 fully saturated rings. The van der Waals surface area contributed by atoms with E-state index in [2.05, 4.69) is 26.0 Å². The number of carbonyl (C=O) groups excluding carboxylic acids is 2. The summed E-state index contributed by atoms with van der Waals surface area (Å²) < 4.78 is 0. The van der Waals surface area contributed by atoms with Crippen molar-refractivity contribution in [1.29, 1.82) is 0 Å². The minimum atomic E-state index is -0.919. The van der Waals surface area contributed by atoms with Gasteiger partial charge in [-0.2, -0.15) is 0 Å². The van der Waals surface area contributed by atoms with Crippen molar-refractivity contribution in [3.05, 3.63) is 47.3 Å². The average molecular weight is 414 g/mol. The third-order valence-electron chi connectivity index (χ3n) is 7.62. The summed E-state index contributed by atoms with van der Waals surface area (Å²) >= 11 is 0. The van der Waals surface area contributed by atoms with Gasteiger partial charge in [0.05, 0.1) is 6.61 Å². The number of likely N-dealkylation sites (N-methyl/N-ethyl adjacent to an activating group) is 1. The van der Waals surface area contributed by atoms with Crippen LogP contribution in [0.4, 0.5) is 0 Å². The van der Waals surface area contributed by atoms with Gasteiger partial charge < -0.3 is 15.1 Å². The van der Waals surface area contributed by atoms with Gasteiger partial charge in [-0.25, -0.2) is 0 Å². The topological polar surface area (TPSA) is 77.8 Å². The summed E-state index contributed by atoms with van der Waals surface area (Å²) in [6.07, 6.45) is 13.4. The van der Waals surface area contributed by atoms with Gasteiger partial charge in [-0.3, -0.25) is 9.59 Å². The van der Waals surface area contributed by atoms with E-state index >= 15 is 0 Å². The van der Waals surface area contributed by atoms with E-state index in [1.807, 2.05) is 32.1 Å². The summed E-state index contributed by atoms with van der Waals surface area (Å²) in [4.78, 5) is 27.1. The second kappa shape index (κ2) is 8.54. The summed E-state index contributed by atoms with van der Waals surface area (Å²) in [6.45, 7) is 7.86.